The number of benzene rings is 7. The predicted molar refractivity (Wildman–Crippen MR) is 289 cm³/mol. The molecule has 352 valence electrons. The number of fused-ring (bicyclic) bond motifs is 2. The van der Waals surface area contributed by atoms with Crippen molar-refractivity contribution in [2.24, 2.45) is 0 Å². The number of nitrogens with zero attached hydrogens (tertiary/aromatic N) is 2. The van der Waals surface area contributed by atoms with E-state index in [4.69, 9.17) is 0 Å². The number of rotatable bonds is 24. The molecule has 8 heteroatoms. The average molecular weight is 1040 g/mol. The van der Waals surface area contributed by atoms with Crippen LogP contribution < -0.4 is 9.80 Å². The zero-order chi connectivity index (χ0) is 47.3. The van der Waals surface area contributed by atoms with Crippen molar-refractivity contribution in [2.45, 2.75) is 155 Å². The van der Waals surface area contributed by atoms with E-state index in [2.05, 4.69) is 45.7 Å². The zero-order valence-electron chi connectivity index (χ0n) is 39.9. The smallest absolute Gasteiger partial charge is 0.266 e. The molecular weight excluding hydrogens is 972 g/mol. The molecule has 2 aliphatic rings. The van der Waals surface area contributed by atoms with Gasteiger partial charge in [-0.1, -0.05) is 198 Å². The number of carbonyl (C=O) groups excluding carboxylic acids is 4. The zero-order valence-corrected chi connectivity index (χ0v) is 43.1. The molecule has 0 N–H and O–H groups in total. The summed E-state index contributed by atoms with van der Waals surface area (Å²) in [5.41, 5.74) is 5.33. The van der Waals surface area contributed by atoms with Crippen LogP contribution >= 0.6 is 31.9 Å². The number of anilines is 2. The fourth-order valence-electron chi connectivity index (χ4n) is 11.1. The van der Waals surface area contributed by atoms with Crippen LogP contribution in [0.5, 0.6) is 0 Å². The summed E-state index contributed by atoms with van der Waals surface area (Å²) in [6.07, 6.45) is 27.8. The second kappa shape index (κ2) is 21.8. The van der Waals surface area contributed by atoms with Crippen molar-refractivity contribution < 1.29 is 19.2 Å². The van der Waals surface area contributed by atoms with Gasteiger partial charge in [0.2, 0.25) is 0 Å². The molecular formula is C60H64Br2N2O4. The molecule has 6 nitrogen and oxygen atoms in total. The number of carbonyl (C=O) groups is 4. The van der Waals surface area contributed by atoms with Gasteiger partial charge in [0, 0.05) is 47.0 Å². The van der Waals surface area contributed by atoms with Crippen LogP contribution in [0.1, 0.15) is 195 Å². The number of hydrogen-bond acceptors (Lipinski definition) is 4. The first-order valence-corrected chi connectivity index (χ1v) is 27.4. The van der Waals surface area contributed by atoms with Crippen LogP contribution in [0.25, 0.3) is 43.1 Å². The van der Waals surface area contributed by atoms with Crippen LogP contribution in [0.3, 0.4) is 0 Å². The van der Waals surface area contributed by atoms with E-state index in [1.54, 1.807) is 0 Å². The summed E-state index contributed by atoms with van der Waals surface area (Å²) in [7, 11) is 0. The van der Waals surface area contributed by atoms with Crippen molar-refractivity contribution in [3.05, 3.63) is 127 Å². The number of amides is 4. The molecule has 0 saturated heterocycles. The van der Waals surface area contributed by atoms with E-state index in [0.717, 1.165) is 58.0 Å². The molecule has 68 heavy (non-hydrogen) atoms. The third kappa shape index (κ3) is 9.41. The van der Waals surface area contributed by atoms with Crippen LogP contribution in [0, 0.1) is 0 Å². The van der Waals surface area contributed by atoms with Crippen LogP contribution in [0.15, 0.2) is 93.9 Å². The molecule has 0 unspecified atom stereocenters. The summed E-state index contributed by atoms with van der Waals surface area (Å²) >= 11 is 7.75. The Morgan fingerprint density at radius 3 is 1.03 bits per heavy atom. The third-order valence-corrected chi connectivity index (χ3v) is 16.0. The van der Waals surface area contributed by atoms with Crippen molar-refractivity contribution >= 4 is 110 Å². The number of hydrogen-bond donors (Lipinski definition) is 0. The minimum atomic E-state index is -0.371. The van der Waals surface area contributed by atoms with Gasteiger partial charge < -0.3 is 0 Å². The Bertz CT molecular complexity index is 2870. The van der Waals surface area contributed by atoms with Gasteiger partial charge in [0.1, 0.15) is 0 Å². The molecule has 9 rings (SSSR count). The lowest BCUT2D eigenvalue weighted by molar-refractivity contribution is 0.0877. The highest BCUT2D eigenvalue weighted by Crippen LogP contribution is 2.51. The Balaban J connectivity index is 0.939. The number of halogens is 2. The molecule has 4 amide bonds. The van der Waals surface area contributed by atoms with Gasteiger partial charge in [-0.25, -0.2) is 9.80 Å². The molecule has 7 aromatic carbocycles. The second-order valence-electron chi connectivity index (χ2n) is 19.5. The average Bonchev–Trinajstić information content (AvgIpc) is 3.34. The van der Waals surface area contributed by atoms with E-state index in [9.17, 15) is 19.2 Å². The highest BCUT2D eigenvalue weighted by Gasteiger charge is 2.39. The molecule has 0 saturated carbocycles. The molecule has 0 radical (unpaired) electrons. The van der Waals surface area contributed by atoms with Crippen molar-refractivity contribution in [3.8, 4) is 0 Å². The van der Waals surface area contributed by atoms with Gasteiger partial charge >= 0.3 is 0 Å². The molecule has 2 heterocycles. The van der Waals surface area contributed by atoms with Crippen LogP contribution in [0.2, 0.25) is 0 Å². The van der Waals surface area contributed by atoms with E-state index in [1.807, 2.05) is 84.9 Å². The lowest BCUT2D eigenvalue weighted by atomic mass is 9.82. The van der Waals surface area contributed by atoms with Crippen LogP contribution in [0.4, 0.5) is 11.4 Å². The Hall–Kier alpha value is -4.92. The lowest BCUT2D eigenvalue weighted by Crippen LogP contribution is -2.40. The molecule has 7 aromatic rings. The highest BCUT2D eigenvalue weighted by molar-refractivity contribution is 9.11. The van der Waals surface area contributed by atoms with Gasteiger partial charge in [0.25, 0.3) is 23.6 Å². The van der Waals surface area contributed by atoms with E-state index < -0.39 is 0 Å². The summed E-state index contributed by atoms with van der Waals surface area (Å²) in [4.78, 5) is 60.7. The van der Waals surface area contributed by atoms with Gasteiger partial charge in [-0.15, -0.1) is 0 Å². The van der Waals surface area contributed by atoms with Crippen molar-refractivity contribution in [1.82, 2.24) is 0 Å². The highest BCUT2D eigenvalue weighted by atomic mass is 79.9. The fraction of sp³-hybridized carbons (Fsp3) is 0.400. The minimum Gasteiger partial charge on any atom is -0.268 e. The minimum absolute atomic E-state index is 0.356. The molecule has 0 aromatic heterocycles. The maximum Gasteiger partial charge on any atom is 0.266 e. The summed E-state index contributed by atoms with van der Waals surface area (Å²) in [6, 6.07) is 27.0. The van der Waals surface area contributed by atoms with Crippen molar-refractivity contribution in [2.75, 3.05) is 9.80 Å². The largest absolute Gasteiger partial charge is 0.268 e. The number of unbranched alkanes of at least 4 members (excludes halogenated alkanes) is 18. The maximum atomic E-state index is 14.6. The van der Waals surface area contributed by atoms with E-state index >= 15 is 0 Å². The quantitative estimate of drug-likeness (QED) is 0.0262. The van der Waals surface area contributed by atoms with Gasteiger partial charge in [-0.05, 0) is 101 Å². The van der Waals surface area contributed by atoms with Crippen molar-refractivity contribution in [3.63, 3.8) is 0 Å². The summed E-state index contributed by atoms with van der Waals surface area (Å²) in [6.45, 7) is 4.52. The first-order valence-electron chi connectivity index (χ1n) is 25.8. The van der Waals surface area contributed by atoms with E-state index in [-0.39, 0.29) is 23.6 Å². The van der Waals surface area contributed by atoms with Crippen LogP contribution in [-0.2, 0) is 12.8 Å². The van der Waals surface area contributed by atoms with Gasteiger partial charge in [-0.3, -0.25) is 19.2 Å². The van der Waals surface area contributed by atoms with Gasteiger partial charge in [-0.2, -0.15) is 0 Å². The standard InChI is InChI=1S/C60H64Br2N2O4/c1-3-5-7-9-11-13-15-17-19-21-23-39-25-29-41(30-26-39)63-57(65)45-35-33-43-51-44(34-36-46(52(45)51)58(63)66)55-50(62)38-48-53-47(37-49(61)54(43)56(53)55)59(67)64(60(48)68)42-31-27-40(28-32-42)24-22-20-18-16-14-12-10-8-6-4-2/h25-38H,3-24H2,1-2H3. The molecule has 0 atom stereocenters. The lowest BCUT2D eigenvalue weighted by Gasteiger charge is -2.31. The summed E-state index contributed by atoms with van der Waals surface area (Å²) in [5.74, 6) is -1.45. The Labute approximate surface area is 418 Å². The molecule has 0 fully saturated rings. The normalized spacial score (nSPS) is 13.8. The third-order valence-electron chi connectivity index (χ3n) is 14.8. The SMILES string of the molecule is CCCCCCCCCCCCc1ccc(N2C(=O)c3ccc4c5c(Br)cc6c7c(cc(Br)c(c8ccc(c3c48)C2=O)c75)C(=O)N(c2ccc(CCCCCCCCCCCC)cc2)C6=O)cc1. The van der Waals surface area contributed by atoms with Crippen LogP contribution in [-0.4, -0.2) is 23.6 Å². The summed E-state index contributed by atoms with van der Waals surface area (Å²) in [5, 5.41) is 6.14. The summed E-state index contributed by atoms with van der Waals surface area (Å²) < 4.78 is 1.39. The van der Waals surface area contributed by atoms with E-state index in [0.29, 0.717) is 53.3 Å². The monoisotopic (exact) mass is 1030 g/mol. The fourth-order valence-corrected chi connectivity index (χ4v) is 12.4. The number of imide groups is 2. The molecule has 2 aliphatic heterocycles. The second-order valence-corrected chi connectivity index (χ2v) is 21.2. The molecule has 0 aliphatic carbocycles. The molecule has 0 bridgehead atoms. The Kier molecular flexibility index (Phi) is 15.4. The van der Waals surface area contributed by atoms with E-state index in [1.165, 1.54) is 137 Å². The first-order chi connectivity index (χ1) is 33.2. The Morgan fingerprint density at radius 1 is 0.338 bits per heavy atom. The molecule has 0 spiro atoms. The van der Waals surface area contributed by atoms with Gasteiger partial charge in [0.05, 0.1) is 22.5 Å². The van der Waals surface area contributed by atoms with Crippen molar-refractivity contribution in [1.29, 1.82) is 0 Å². The first kappa shape index (κ1) is 48.1. The maximum absolute atomic E-state index is 14.6. The van der Waals surface area contributed by atoms with Gasteiger partial charge in [0.15, 0.2) is 0 Å². The topological polar surface area (TPSA) is 74.8 Å². The Morgan fingerprint density at radius 2 is 0.662 bits per heavy atom. The number of aryl methyl sites for hydroxylation is 2. The predicted octanol–water partition coefficient (Wildman–Crippen LogP) is 17.8.